The van der Waals surface area contributed by atoms with Gasteiger partial charge in [0.25, 0.3) is 5.91 Å². The molecular formula is C15H11N3O2. The third kappa shape index (κ3) is 2.42. The second kappa shape index (κ2) is 4.97. The van der Waals surface area contributed by atoms with E-state index in [9.17, 15) is 9.59 Å². The van der Waals surface area contributed by atoms with Crippen molar-refractivity contribution in [1.82, 2.24) is 9.97 Å². The Morgan fingerprint density at radius 1 is 1.15 bits per heavy atom. The lowest BCUT2D eigenvalue weighted by Gasteiger charge is -2.06. The summed E-state index contributed by atoms with van der Waals surface area (Å²) in [4.78, 5) is 29.9. The van der Waals surface area contributed by atoms with E-state index in [2.05, 4.69) is 15.3 Å². The summed E-state index contributed by atoms with van der Waals surface area (Å²) >= 11 is 0. The highest BCUT2D eigenvalue weighted by atomic mass is 16.2. The molecule has 0 saturated carbocycles. The summed E-state index contributed by atoms with van der Waals surface area (Å²) in [6, 6.07) is 12.0. The van der Waals surface area contributed by atoms with E-state index in [0.717, 1.165) is 10.9 Å². The number of aromatic amines is 1. The van der Waals surface area contributed by atoms with Crippen LogP contribution < -0.4 is 10.9 Å². The van der Waals surface area contributed by atoms with E-state index in [1.807, 2.05) is 24.3 Å². The highest BCUT2D eigenvalue weighted by Crippen LogP contribution is 2.17. The summed E-state index contributed by atoms with van der Waals surface area (Å²) in [5, 5.41) is 3.70. The normalized spacial score (nSPS) is 10.4. The summed E-state index contributed by atoms with van der Waals surface area (Å²) in [6.07, 6.45) is 3.17. The summed E-state index contributed by atoms with van der Waals surface area (Å²) in [5.41, 5.74) is 1.54. The first kappa shape index (κ1) is 12.1. The Hall–Kier alpha value is -2.95. The predicted octanol–water partition coefficient (Wildman–Crippen LogP) is 2.18. The van der Waals surface area contributed by atoms with Gasteiger partial charge in [-0.2, -0.15) is 0 Å². The maximum Gasteiger partial charge on any atom is 0.255 e. The van der Waals surface area contributed by atoms with E-state index in [-0.39, 0.29) is 11.5 Å². The third-order valence-electron chi connectivity index (χ3n) is 2.90. The second-order valence-corrected chi connectivity index (χ2v) is 4.31. The molecular weight excluding hydrogens is 254 g/mol. The number of fused-ring (bicyclic) bond motifs is 1. The molecule has 2 heterocycles. The van der Waals surface area contributed by atoms with Crippen LogP contribution in [0.2, 0.25) is 0 Å². The molecule has 1 aromatic carbocycles. The molecule has 98 valence electrons. The molecule has 5 heteroatoms. The van der Waals surface area contributed by atoms with Crippen LogP contribution in [0, 0.1) is 0 Å². The molecule has 3 rings (SSSR count). The van der Waals surface area contributed by atoms with Gasteiger partial charge in [-0.1, -0.05) is 6.07 Å². The molecule has 0 saturated heterocycles. The van der Waals surface area contributed by atoms with Gasteiger partial charge in [0.1, 0.15) is 0 Å². The van der Waals surface area contributed by atoms with Gasteiger partial charge in [0.05, 0.1) is 5.52 Å². The zero-order valence-corrected chi connectivity index (χ0v) is 10.5. The summed E-state index contributed by atoms with van der Waals surface area (Å²) in [5.74, 6) is -0.320. The van der Waals surface area contributed by atoms with Gasteiger partial charge >= 0.3 is 0 Å². The van der Waals surface area contributed by atoms with Crippen molar-refractivity contribution in [3.8, 4) is 0 Å². The first-order valence-corrected chi connectivity index (χ1v) is 6.07. The van der Waals surface area contributed by atoms with Gasteiger partial charge in [0, 0.05) is 35.1 Å². The van der Waals surface area contributed by atoms with Crippen LogP contribution in [0.4, 0.5) is 5.69 Å². The number of carbonyl (C=O) groups excluding carboxylic acids is 1. The largest absolute Gasteiger partial charge is 0.329 e. The van der Waals surface area contributed by atoms with Crippen molar-refractivity contribution in [1.29, 1.82) is 0 Å². The van der Waals surface area contributed by atoms with Gasteiger partial charge in [-0.05, 0) is 30.3 Å². The Kier molecular flexibility index (Phi) is 3.01. The van der Waals surface area contributed by atoms with Crippen molar-refractivity contribution in [2.75, 3.05) is 5.32 Å². The van der Waals surface area contributed by atoms with Crippen molar-refractivity contribution in [3.63, 3.8) is 0 Å². The zero-order valence-electron chi connectivity index (χ0n) is 10.5. The minimum Gasteiger partial charge on any atom is -0.329 e. The number of anilines is 1. The first-order chi connectivity index (χ1) is 9.72. The third-order valence-corrected chi connectivity index (χ3v) is 2.90. The SMILES string of the molecule is O=C(Nc1ccc2ncccc2c1)c1cc[nH]c(=O)c1. The molecule has 5 nitrogen and oxygen atoms in total. The number of hydrogen-bond acceptors (Lipinski definition) is 3. The molecule has 0 atom stereocenters. The lowest BCUT2D eigenvalue weighted by Crippen LogP contribution is -2.15. The summed E-state index contributed by atoms with van der Waals surface area (Å²) in [7, 11) is 0. The number of aromatic nitrogens is 2. The molecule has 0 spiro atoms. The molecule has 0 radical (unpaired) electrons. The molecule has 0 fully saturated rings. The Morgan fingerprint density at radius 3 is 2.90 bits per heavy atom. The fraction of sp³-hybridized carbons (Fsp3) is 0. The van der Waals surface area contributed by atoms with Gasteiger partial charge < -0.3 is 10.3 Å². The molecule has 2 aromatic heterocycles. The Balaban J connectivity index is 1.89. The molecule has 0 unspecified atom stereocenters. The van der Waals surface area contributed by atoms with E-state index in [1.165, 1.54) is 12.3 Å². The number of carbonyl (C=O) groups is 1. The lowest BCUT2D eigenvalue weighted by atomic mass is 10.2. The maximum atomic E-state index is 12.0. The minimum atomic E-state index is -0.320. The van der Waals surface area contributed by atoms with E-state index in [4.69, 9.17) is 0 Å². The standard InChI is InChI=1S/C15H11N3O2/c19-14-9-11(5-7-17-14)15(20)18-12-3-4-13-10(8-12)2-1-6-16-13/h1-9H,(H,17,19)(H,18,20). The van der Waals surface area contributed by atoms with Crippen LogP contribution in [0.25, 0.3) is 10.9 Å². The lowest BCUT2D eigenvalue weighted by molar-refractivity contribution is 0.102. The van der Waals surface area contributed by atoms with E-state index >= 15 is 0 Å². The van der Waals surface area contributed by atoms with Crippen molar-refractivity contribution in [2.24, 2.45) is 0 Å². The second-order valence-electron chi connectivity index (χ2n) is 4.31. The zero-order chi connectivity index (χ0) is 13.9. The van der Waals surface area contributed by atoms with Crippen molar-refractivity contribution >= 4 is 22.5 Å². The molecule has 2 N–H and O–H groups in total. The van der Waals surface area contributed by atoms with E-state index in [0.29, 0.717) is 11.3 Å². The van der Waals surface area contributed by atoms with Crippen LogP contribution >= 0.6 is 0 Å². The summed E-state index contributed by atoms with van der Waals surface area (Å²) < 4.78 is 0. The van der Waals surface area contributed by atoms with Crippen LogP contribution in [-0.4, -0.2) is 15.9 Å². The number of amides is 1. The highest BCUT2D eigenvalue weighted by molar-refractivity contribution is 6.04. The highest BCUT2D eigenvalue weighted by Gasteiger charge is 2.06. The Bertz CT molecular complexity index is 839. The number of H-pyrrole nitrogens is 1. The average Bonchev–Trinajstić information content (AvgIpc) is 2.47. The molecule has 3 aromatic rings. The molecule has 20 heavy (non-hydrogen) atoms. The van der Waals surface area contributed by atoms with Crippen molar-refractivity contribution in [2.45, 2.75) is 0 Å². The van der Waals surface area contributed by atoms with Crippen LogP contribution in [0.15, 0.2) is 59.7 Å². The molecule has 0 aliphatic carbocycles. The average molecular weight is 265 g/mol. The quantitative estimate of drug-likeness (QED) is 0.745. The van der Waals surface area contributed by atoms with Crippen molar-refractivity contribution < 1.29 is 4.79 Å². The predicted molar refractivity (Wildman–Crippen MR) is 76.8 cm³/mol. The fourth-order valence-corrected chi connectivity index (χ4v) is 1.94. The van der Waals surface area contributed by atoms with Gasteiger partial charge in [-0.3, -0.25) is 14.6 Å². The number of benzene rings is 1. The number of nitrogens with one attached hydrogen (secondary N) is 2. The van der Waals surface area contributed by atoms with Gasteiger partial charge in [0.2, 0.25) is 5.56 Å². The smallest absolute Gasteiger partial charge is 0.255 e. The Morgan fingerprint density at radius 2 is 2.05 bits per heavy atom. The van der Waals surface area contributed by atoms with Crippen LogP contribution in [0.3, 0.4) is 0 Å². The molecule has 0 aliphatic heterocycles. The number of rotatable bonds is 2. The van der Waals surface area contributed by atoms with E-state index in [1.54, 1.807) is 18.3 Å². The van der Waals surface area contributed by atoms with Crippen LogP contribution in [0.5, 0.6) is 0 Å². The van der Waals surface area contributed by atoms with Gasteiger partial charge in [-0.25, -0.2) is 0 Å². The van der Waals surface area contributed by atoms with E-state index < -0.39 is 0 Å². The topological polar surface area (TPSA) is 74.8 Å². The van der Waals surface area contributed by atoms with Crippen LogP contribution in [0.1, 0.15) is 10.4 Å². The molecule has 0 bridgehead atoms. The number of nitrogens with zero attached hydrogens (tertiary/aromatic N) is 1. The van der Waals surface area contributed by atoms with Crippen LogP contribution in [-0.2, 0) is 0 Å². The summed E-state index contributed by atoms with van der Waals surface area (Å²) in [6.45, 7) is 0. The van der Waals surface area contributed by atoms with Gasteiger partial charge in [-0.15, -0.1) is 0 Å². The fourth-order valence-electron chi connectivity index (χ4n) is 1.94. The first-order valence-electron chi connectivity index (χ1n) is 6.07. The number of pyridine rings is 2. The van der Waals surface area contributed by atoms with Gasteiger partial charge in [0.15, 0.2) is 0 Å². The monoisotopic (exact) mass is 265 g/mol. The number of hydrogen-bond donors (Lipinski definition) is 2. The molecule has 1 amide bonds. The Labute approximate surface area is 114 Å². The maximum absolute atomic E-state index is 12.0. The minimum absolute atomic E-state index is 0.305. The molecule has 0 aliphatic rings. The van der Waals surface area contributed by atoms with Crippen molar-refractivity contribution in [3.05, 3.63) is 70.8 Å².